The minimum atomic E-state index is -0.584. The van der Waals surface area contributed by atoms with Crippen LogP contribution in [0.25, 0.3) is 0 Å². The van der Waals surface area contributed by atoms with Crippen LogP contribution in [-0.4, -0.2) is 51.1 Å². The molecule has 0 amide bonds. The fourth-order valence-electron chi connectivity index (χ4n) is 8.82. The van der Waals surface area contributed by atoms with E-state index < -0.39 is 18.3 Å². The normalized spacial score (nSPS) is 45.5. The van der Waals surface area contributed by atoms with Crippen molar-refractivity contribution < 1.29 is 25.2 Å². The summed E-state index contributed by atoms with van der Waals surface area (Å²) in [5.41, 5.74) is 1.69. The second kappa shape index (κ2) is 9.46. The van der Waals surface area contributed by atoms with Crippen molar-refractivity contribution in [2.45, 2.75) is 97.9 Å². The Bertz CT molecular complexity index is 845. The first-order valence-corrected chi connectivity index (χ1v) is 13.5. The molecule has 0 aliphatic heterocycles. The maximum Gasteiger partial charge on any atom is 0.159 e. The molecular formula is C29H46O5. The van der Waals surface area contributed by atoms with Gasteiger partial charge in [-0.3, -0.25) is 4.79 Å². The Balaban J connectivity index is 1.61. The van der Waals surface area contributed by atoms with Crippen molar-refractivity contribution in [1.82, 2.24) is 0 Å². The molecule has 0 unspecified atom stereocenters. The largest absolute Gasteiger partial charge is 0.393 e. The quantitative estimate of drug-likeness (QED) is 0.436. The van der Waals surface area contributed by atoms with Gasteiger partial charge in [0.15, 0.2) is 5.78 Å². The van der Waals surface area contributed by atoms with Gasteiger partial charge in [-0.1, -0.05) is 51.8 Å². The van der Waals surface area contributed by atoms with Crippen LogP contribution in [-0.2, 0) is 4.79 Å². The molecule has 4 aliphatic rings. The molecule has 4 rings (SSSR count). The van der Waals surface area contributed by atoms with Crippen molar-refractivity contribution >= 4 is 5.78 Å². The molecule has 0 bridgehead atoms. The molecule has 0 saturated heterocycles. The van der Waals surface area contributed by atoms with Gasteiger partial charge in [0.25, 0.3) is 0 Å². The Morgan fingerprint density at radius 1 is 1.15 bits per heavy atom. The van der Waals surface area contributed by atoms with Gasteiger partial charge in [-0.15, -0.1) is 0 Å². The van der Waals surface area contributed by atoms with Gasteiger partial charge in [-0.2, -0.15) is 0 Å². The third-order valence-corrected chi connectivity index (χ3v) is 10.6. The predicted octanol–water partition coefficient (Wildman–Crippen LogP) is 4.04. The number of hydrogen-bond donors (Lipinski definition) is 4. The van der Waals surface area contributed by atoms with Crippen molar-refractivity contribution in [2.75, 3.05) is 6.61 Å². The van der Waals surface area contributed by atoms with E-state index in [4.69, 9.17) is 0 Å². The molecular weight excluding hydrogens is 428 g/mol. The number of aliphatic hydroxyl groups is 4. The number of hydrogen-bond acceptors (Lipinski definition) is 5. The van der Waals surface area contributed by atoms with Crippen LogP contribution < -0.4 is 0 Å². The number of carbonyl (C=O) groups is 1. The molecule has 10 atom stereocenters. The Morgan fingerprint density at radius 2 is 1.85 bits per heavy atom. The zero-order valence-corrected chi connectivity index (χ0v) is 21.7. The summed E-state index contributed by atoms with van der Waals surface area (Å²) in [6.07, 6.45) is 7.34. The van der Waals surface area contributed by atoms with Gasteiger partial charge in [-0.25, -0.2) is 0 Å². The van der Waals surface area contributed by atoms with E-state index in [0.717, 1.165) is 24.8 Å². The molecule has 0 aromatic rings. The first kappa shape index (κ1) is 26.1. The molecule has 0 aromatic carbocycles. The monoisotopic (exact) mass is 474 g/mol. The Labute approximate surface area is 205 Å². The minimum absolute atomic E-state index is 0.0434. The van der Waals surface area contributed by atoms with Crippen LogP contribution in [0.1, 0.15) is 79.6 Å². The fraction of sp³-hybridized carbons (Fsp3) is 0.828. The first-order valence-electron chi connectivity index (χ1n) is 13.5. The topological polar surface area (TPSA) is 98.0 Å². The summed E-state index contributed by atoms with van der Waals surface area (Å²) >= 11 is 0. The van der Waals surface area contributed by atoms with Crippen molar-refractivity contribution in [3.63, 3.8) is 0 Å². The molecule has 0 radical (unpaired) electrons. The Kier molecular flexibility index (Phi) is 7.25. The van der Waals surface area contributed by atoms with Crippen LogP contribution in [0.3, 0.4) is 0 Å². The molecule has 0 spiro atoms. The molecule has 3 fully saturated rings. The van der Waals surface area contributed by atoms with E-state index >= 15 is 0 Å². The van der Waals surface area contributed by atoms with Gasteiger partial charge in [-0.05, 0) is 79.6 Å². The second-order valence-corrected chi connectivity index (χ2v) is 12.8. The molecule has 0 aromatic heterocycles. The maximum atomic E-state index is 13.5. The van der Waals surface area contributed by atoms with Crippen LogP contribution in [0.5, 0.6) is 0 Å². The lowest BCUT2D eigenvalue weighted by Gasteiger charge is -2.59. The lowest BCUT2D eigenvalue weighted by Crippen LogP contribution is -2.60. The van der Waals surface area contributed by atoms with Crippen molar-refractivity contribution in [1.29, 1.82) is 0 Å². The highest BCUT2D eigenvalue weighted by Crippen LogP contribution is 2.66. The molecule has 5 nitrogen and oxygen atoms in total. The van der Waals surface area contributed by atoms with Gasteiger partial charge in [0, 0.05) is 17.8 Å². The number of aliphatic hydroxyl groups excluding tert-OH is 4. The highest BCUT2D eigenvalue weighted by molar-refractivity contribution is 5.94. The Morgan fingerprint density at radius 3 is 2.50 bits per heavy atom. The van der Waals surface area contributed by atoms with E-state index in [0.29, 0.717) is 37.5 Å². The minimum Gasteiger partial charge on any atom is -0.393 e. The molecule has 4 N–H and O–H groups in total. The van der Waals surface area contributed by atoms with Gasteiger partial charge in [0.2, 0.25) is 0 Å². The third-order valence-electron chi connectivity index (χ3n) is 10.6. The van der Waals surface area contributed by atoms with Crippen LogP contribution in [0, 0.1) is 46.3 Å². The number of allylic oxidation sites excluding steroid dienone is 2. The first-order chi connectivity index (χ1) is 15.9. The molecule has 192 valence electrons. The average Bonchev–Trinajstić information content (AvgIpc) is 3.01. The van der Waals surface area contributed by atoms with E-state index in [1.54, 1.807) is 6.08 Å². The number of fused-ring (bicyclic) bond motifs is 5. The molecule has 0 heterocycles. The zero-order chi connectivity index (χ0) is 25.0. The van der Waals surface area contributed by atoms with Crippen LogP contribution >= 0.6 is 0 Å². The van der Waals surface area contributed by atoms with Crippen LogP contribution in [0.15, 0.2) is 23.3 Å². The van der Waals surface area contributed by atoms with E-state index in [9.17, 15) is 25.2 Å². The standard InChI is InChI=1S/C29H46O5/c1-16(2)18(9-11-30)7-6-17(3)21-14-23(33)26-25-22(32)13-19-12-20(31)8-10-28(19,4)27(25)24(34)15-29(21,26)5/h9,13,16-17,20-21,23-27,30-31,33-34H,6-8,10-12,14-15H2,1-5H3/b18-9+/t17-,20+,21-,23-,24-,25+,26+,27+,28+,29-/m1/s1. The number of carbonyl (C=O) groups excluding carboxylic acids is 1. The van der Waals surface area contributed by atoms with E-state index in [-0.39, 0.29) is 46.9 Å². The van der Waals surface area contributed by atoms with Crippen LogP contribution in [0.4, 0.5) is 0 Å². The summed E-state index contributed by atoms with van der Waals surface area (Å²) in [5, 5.41) is 42.6. The van der Waals surface area contributed by atoms with Gasteiger partial charge in [0.05, 0.1) is 24.9 Å². The average molecular weight is 475 g/mol. The highest BCUT2D eigenvalue weighted by Gasteiger charge is 2.66. The maximum absolute atomic E-state index is 13.5. The van der Waals surface area contributed by atoms with Gasteiger partial charge >= 0.3 is 0 Å². The summed E-state index contributed by atoms with van der Waals surface area (Å²) in [7, 11) is 0. The highest BCUT2D eigenvalue weighted by atomic mass is 16.3. The summed E-state index contributed by atoms with van der Waals surface area (Å²) < 4.78 is 0. The van der Waals surface area contributed by atoms with Crippen molar-refractivity contribution in [3.8, 4) is 0 Å². The van der Waals surface area contributed by atoms with Gasteiger partial charge < -0.3 is 20.4 Å². The summed E-state index contributed by atoms with van der Waals surface area (Å²) in [6, 6.07) is 0. The van der Waals surface area contributed by atoms with E-state index in [2.05, 4.69) is 34.6 Å². The molecule has 34 heavy (non-hydrogen) atoms. The smallest absolute Gasteiger partial charge is 0.159 e. The Hall–Kier alpha value is -1.01. The number of ketones is 1. The van der Waals surface area contributed by atoms with E-state index in [1.807, 2.05) is 6.08 Å². The zero-order valence-electron chi connectivity index (χ0n) is 21.7. The SMILES string of the molecule is CC(C)/C(=C/CO)CC[C@@H](C)[C@H]1C[C@@H](O)[C@H]2[C@@H]3C(=O)C=C4C[C@@H](O)CC[C@]4(C)[C@H]3[C@H](O)C[C@@]21C. The molecule has 3 saturated carbocycles. The predicted molar refractivity (Wildman–Crippen MR) is 133 cm³/mol. The van der Waals surface area contributed by atoms with Crippen molar-refractivity contribution in [3.05, 3.63) is 23.3 Å². The lowest BCUT2D eigenvalue weighted by atomic mass is 9.45. The van der Waals surface area contributed by atoms with Crippen LogP contribution in [0.2, 0.25) is 0 Å². The summed E-state index contributed by atoms with van der Waals surface area (Å²) in [5.74, 6) is 0.343. The molecule has 4 aliphatic carbocycles. The summed E-state index contributed by atoms with van der Waals surface area (Å²) in [6.45, 7) is 11.0. The van der Waals surface area contributed by atoms with Gasteiger partial charge in [0.1, 0.15) is 0 Å². The third kappa shape index (κ3) is 4.15. The summed E-state index contributed by atoms with van der Waals surface area (Å²) in [4.78, 5) is 13.5. The lowest BCUT2D eigenvalue weighted by molar-refractivity contribution is -0.161. The molecule has 5 heteroatoms. The van der Waals surface area contributed by atoms with Crippen molar-refractivity contribution in [2.24, 2.45) is 46.3 Å². The number of rotatable bonds is 6. The van der Waals surface area contributed by atoms with E-state index in [1.165, 1.54) is 5.57 Å². The fourth-order valence-corrected chi connectivity index (χ4v) is 8.82. The second-order valence-electron chi connectivity index (χ2n) is 12.8.